The van der Waals surface area contributed by atoms with Crippen LogP contribution in [0.1, 0.15) is 46.5 Å². The van der Waals surface area contributed by atoms with Gasteiger partial charge in [0.05, 0.1) is 0 Å². The van der Waals surface area contributed by atoms with Gasteiger partial charge in [0.2, 0.25) is 0 Å². The third kappa shape index (κ3) is 0.315. The number of rotatable bonds is 0. The van der Waals surface area contributed by atoms with Crippen LogP contribution in [0.2, 0.25) is 0 Å². The fourth-order valence-electron chi connectivity index (χ4n) is 24.7. The lowest BCUT2D eigenvalue weighted by Crippen LogP contribution is -3.36. The molecule has 28 heavy (non-hydrogen) atoms. The summed E-state index contributed by atoms with van der Waals surface area (Å²) >= 11 is 0. The smallest absolute Gasteiger partial charge is 0.00547 e. The zero-order valence-electron chi connectivity index (χ0n) is 17.2. The monoisotopic (exact) mass is 364 g/mol. The summed E-state index contributed by atoms with van der Waals surface area (Å²) < 4.78 is 0. The van der Waals surface area contributed by atoms with Crippen LogP contribution in [0.25, 0.3) is 0 Å². The van der Waals surface area contributed by atoms with Gasteiger partial charge >= 0.3 is 0 Å². The fourth-order valence-corrected chi connectivity index (χ4v) is 24.7. The largest absolute Gasteiger partial charge is 0.0582 e. The zero-order valence-corrected chi connectivity index (χ0v) is 17.2. The summed E-state index contributed by atoms with van der Waals surface area (Å²) in [4.78, 5) is 0. The third-order valence-corrected chi connectivity index (χ3v) is 21.2. The van der Waals surface area contributed by atoms with E-state index in [9.17, 15) is 0 Å². The van der Waals surface area contributed by atoms with Gasteiger partial charge in [-0.3, -0.25) is 0 Å². The number of hydrogen-bond donors (Lipinski definition) is 0. The Bertz CT molecular complexity index is 1270. The molecule has 15 rings (SSSR count). The third-order valence-electron chi connectivity index (χ3n) is 21.2. The lowest BCUT2D eigenvalue weighted by Gasteiger charge is -3.38. The average molecular weight is 365 g/mol. The van der Waals surface area contributed by atoms with Gasteiger partial charge in [-0.15, -0.1) is 0 Å². The Morgan fingerprint density at radius 1 is 0.429 bits per heavy atom. The Labute approximate surface area is 166 Å². The quantitative estimate of drug-likeness (QED) is 0.596. The maximum atomic E-state index is 3.03. The molecule has 15 aliphatic rings. The first-order chi connectivity index (χ1) is 13.5. The standard InChI is InChI=1S/C28H28/c1-19-8-4-13-12-5-10-11-7-15-16-18-17-14-6-9(8)22(14,19)28(17)25(13,19)21(3)20(2)23(10,12)24(11,15)26(16,20)27(18,21)28/h8-18H,4-7H2,1-3H3/t8?,9-,10-,11+,12+,13-,14+,15-,16+,17+,18+,19-,20+,21-,22?,23+,24?,25?,26?,27?,28?/m1/s1. The van der Waals surface area contributed by atoms with Gasteiger partial charge in [-0.2, -0.15) is 0 Å². The highest BCUT2D eigenvalue weighted by molar-refractivity contribution is 5.84. The molecule has 0 radical (unpaired) electrons. The Balaban J connectivity index is 1.24. The second kappa shape index (κ2) is 1.94. The summed E-state index contributed by atoms with van der Waals surface area (Å²) in [6.45, 7) is 9.00. The number of hydrogen-bond acceptors (Lipinski definition) is 0. The first kappa shape index (κ1) is 11.6. The molecular formula is C28H28. The molecule has 0 heterocycles. The minimum absolute atomic E-state index is 0.835. The van der Waals surface area contributed by atoms with E-state index in [1.54, 1.807) is 25.7 Å². The molecule has 0 heteroatoms. The van der Waals surface area contributed by atoms with Crippen LogP contribution in [0, 0.1) is 119 Å². The molecule has 0 aromatic rings. The van der Waals surface area contributed by atoms with Crippen LogP contribution in [0.4, 0.5) is 0 Å². The summed E-state index contributed by atoms with van der Waals surface area (Å²) in [6, 6.07) is 0. The van der Waals surface area contributed by atoms with Crippen molar-refractivity contribution in [3.8, 4) is 0 Å². The molecule has 15 saturated carbocycles. The van der Waals surface area contributed by atoms with Crippen molar-refractivity contribution in [1.29, 1.82) is 0 Å². The lowest BCUT2D eigenvalue weighted by atomic mass is 8.64. The Morgan fingerprint density at radius 3 is 1.89 bits per heavy atom. The maximum Gasteiger partial charge on any atom is -0.00547 e. The topological polar surface area (TPSA) is 0 Å². The van der Waals surface area contributed by atoms with Gasteiger partial charge in [0.25, 0.3) is 0 Å². The normalized spacial score (nSPS) is 115. The van der Waals surface area contributed by atoms with E-state index in [0.29, 0.717) is 0 Å². The SMILES string of the molecule is C[C@@]12C3C[C@@H]4[C@@H]5C[C@@H]6[C@@H]7C[C@@H]8[C@H]9[C@H]%10[C@@H]%11[C@@H]%12C[C@H]3C%121C%111C%103C9%10C87[C@@]65[C@]%10(C)[C@]3(C)C412. The molecule has 0 amide bonds. The summed E-state index contributed by atoms with van der Waals surface area (Å²) in [6.07, 6.45) is 6.95. The highest BCUT2D eigenvalue weighted by atomic mass is 15.4. The highest BCUT2D eigenvalue weighted by Crippen LogP contribution is 3.41. The minimum atomic E-state index is 0.835. The van der Waals surface area contributed by atoms with Crippen molar-refractivity contribution in [2.75, 3.05) is 0 Å². The fraction of sp³-hybridized carbons (Fsp3) is 1.00. The molecule has 15 aliphatic carbocycles. The minimum Gasteiger partial charge on any atom is -0.0582 e. The molecule has 0 saturated heterocycles. The van der Waals surface area contributed by atoms with Crippen LogP contribution < -0.4 is 0 Å². The van der Waals surface area contributed by atoms with E-state index in [-0.39, 0.29) is 0 Å². The van der Waals surface area contributed by atoms with Crippen molar-refractivity contribution in [3.63, 3.8) is 0 Å². The average Bonchev–Trinajstić information content (AvgIpc) is 2.75. The van der Waals surface area contributed by atoms with Gasteiger partial charge in [0.1, 0.15) is 0 Å². The Hall–Kier alpha value is 0. The first-order valence-corrected chi connectivity index (χ1v) is 13.5. The van der Waals surface area contributed by atoms with Gasteiger partial charge in [-0.1, -0.05) is 20.8 Å². The van der Waals surface area contributed by atoms with Crippen molar-refractivity contribution in [1.82, 2.24) is 0 Å². The van der Waals surface area contributed by atoms with Crippen LogP contribution in [0.5, 0.6) is 0 Å². The molecule has 21 atom stereocenters. The number of fused-ring (bicyclic) bond motifs is 7. The van der Waals surface area contributed by atoms with E-state index in [2.05, 4.69) is 20.8 Å². The molecule has 0 bridgehead atoms. The van der Waals surface area contributed by atoms with Crippen LogP contribution in [-0.4, -0.2) is 0 Å². The van der Waals surface area contributed by atoms with E-state index in [1.807, 2.05) is 0 Å². The van der Waals surface area contributed by atoms with E-state index < -0.39 is 0 Å². The van der Waals surface area contributed by atoms with Crippen molar-refractivity contribution < 1.29 is 0 Å². The molecule has 0 nitrogen and oxygen atoms in total. The molecule has 0 aromatic carbocycles. The maximum absolute atomic E-state index is 3.03. The van der Waals surface area contributed by atoms with E-state index in [1.165, 1.54) is 65.1 Å². The van der Waals surface area contributed by atoms with Crippen molar-refractivity contribution >= 4 is 0 Å². The molecule has 140 valence electrons. The molecule has 7 unspecified atom stereocenters. The summed E-state index contributed by atoms with van der Waals surface area (Å²) in [5.41, 5.74) is 9.33. The second-order valence-corrected chi connectivity index (χ2v) is 16.7. The lowest BCUT2D eigenvalue weighted by molar-refractivity contribution is -0.932. The molecule has 7 spiro atoms. The summed E-state index contributed by atoms with van der Waals surface area (Å²) in [5.74, 6) is 13.9. The van der Waals surface area contributed by atoms with Gasteiger partial charge in [0, 0.05) is 0 Å². The van der Waals surface area contributed by atoms with Gasteiger partial charge in [0.15, 0.2) is 0 Å². The van der Waals surface area contributed by atoms with Gasteiger partial charge in [-0.05, 0) is 145 Å². The Morgan fingerprint density at radius 2 is 1.04 bits per heavy atom. The predicted octanol–water partition coefficient (Wildman–Crippen LogP) is 4.45. The second-order valence-electron chi connectivity index (χ2n) is 16.7. The molecule has 0 aromatic heterocycles. The van der Waals surface area contributed by atoms with E-state index in [4.69, 9.17) is 0 Å². The van der Waals surface area contributed by atoms with Crippen LogP contribution >= 0.6 is 0 Å². The summed E-state index contributed by atoms with van der Waals surface area (Å²) in [7, 11) is 0. The summed E-state index contributed by atoms with van der Waals surface area (Å²) in [5, 5.41) is 0. The van der Waals surface area contributed by atoms with Crippen molar-refractivity contribution in [2.24, 2.45) is 119 Å². The molecule has 15 fully saturated rings. The van der Waals surface area contributed by atoms with Crippen LogP contribution in [0.15, 0.2) is 0 Å². The zero-order chi connectivity index (χ0) is 17.2. The van der Waals surface area contributed by atoms with Crippen LogP contribution in [0.3, 0.4) is 0 Å². The van der Waals surface area contributed by atoms with E-state index >= 15 is 0 Å². The molecule has 0 N–H and O–H groups in total. The molecule has 0 aliphatic heterocycles. The van der Waals surface area contributed by atoms with Crippen molar-refractivity contribution in [3.05, 3.63) is 0 Å². The first-order valence-electron chi connectivity index (χ1n) is 13.5. The van der Waals surface area contributed by atoms with Crippen LogP contribution in [-0.2, 0) is 0 Å². The predicted molar refractivity (Wildman–Crippen MR) is 98.2 cm³/mol. The highest BCUT2D eigenvalue weighted by Gasteiger charge is 3.39. The van der Waals surface area contributed by atoms with E-state index in [0.717, 1.165) is 54.1 Å². The van der Waals surface area contributed by atoms with Gasteiger partial charge < -0.3 is 0 Å². The van der Waals surface area contributed by atoms with Crippen molar-refractivity contribution in [2.45, 2.75) is 46.5 Å². The van der Waals surface area contributed by atoms with Gasteiger partial charge in [-0.25, -0.2) is 0 Å². The Kier molecular flexibility index (Phi) is 0.802. The molecular weight excluding hydrogens is 336 g/mol.